The van der Waals surface area contributed by atoms with Crippen LogP contribution in [0.3, 0.4) is 0 Å². The van der Waals surface area contributed by atoms with Gasteiger partial charge in [-0.2, -0.15) is 5.26 Å². The number of hydrogen-bond acceptors (Lipinski definition) is 2. The molecule has 1 amide bonds. The second-order valence-corrected chi connectivity index (χ2v) is 3.65. The predicted octanol–water partition coefficient (Wildman–Crippen LogP) is 2.95. The van der Waals surface area contributed by atoms with Crippen LogP contribution < -0.4 is 5.32 Å². The first-order chi connectivity index (χ1) is 8.69. The van der Waals surface area contributed by atoms with Crippen LogP contribution in [0.1, 0.15) is 15.9 Å². The van der Waals surface area contributed by atoms with Crippen molar-refractivity contribution in [1.82, 2.24) is 0 Å². The Kier molecular flexibility index (Phi) is 3.35. The van der Waals surface area contributed by atoms with Gasteiger partial charge in [0.25, 0.3) is 5.91 Å². The average Bonchev–Trinajstić information content (AvgIpc) is 2.39. The van der Waals surface area contributed by atoms with Crippen molar-refractivity contribution in [2.24, 2.45) is 0 Å². The molecule has 3 nitrogen and oxygen atoms in total. The lowest BCUT2D eigenvalue weighted by Crippen LogP contribution is -2.11. The van der Waals surface area contributed by atoms with Gasteiger partial charge in [-0.15, -0.1) is 0 Å². The Morgan fingerprint density at radius 2 is 1.89 bits per heavy atom. The summed E-state index contributed by atoms with van der Waals surface area (Å²) in [6, 6.07) is 13.8. The topological polar surface area (TPSA) is 52.9 Å². The summed E-state index contributed by atoms with van der Waals surface area (Å²) in [7, 11) is 0. The van der Waals surface area contributed by atoms with E-state index in [-0.39, 0.29) is 5.91 Å². The number of amides is 1. The number of nitrogens with zero attached hydrogens (tertiary/aromatic N) is 1. The summed E-state index contributed by atoms with van der Waals surface area (Å²) in [5, 5.41) is 11.2. The van der Waals surface area contributed by atoms with Crippen molar-refractivity contribution in [3.05, 3.63) is 65.5 Å². The average molecular weight is 240 g/mol. The van der Waals surface area contributed by atoms with Gasteiger partial charge in [0.2, 0.25) is 0 Å². The summed E-state index contributed by atoms with van der Waals surface area (Å²) in [5.74, 6) is -0.752. The summed E-state index contributed by atoms with van der Waals surface area (Å²) in [5.41, 5.74) is 1.29. The minimum atomic E-state index is -0.410. The van der Waals surface area contributed by atoms with Crippen LogP contribution in [0, 0.1) is 17.1 Å². The number of nitrogens with one attached hydrogen (secondary N) is 1. The highest BCUT2D eigenvalue weighted by Gasteiger charge is 2.06. The van der Waals surface area contributed by atoms with E-state index in [1.807, 2.05) is 6.07 Å². The van der Waals surface area contributed by atoms with Crippen molar-refractivity contribution in [3.63, 3.8) is 0 Å². The third-order valence-electron chi connectivity index (χ3n) is 2.36. The molecule has 4 heteroatoms. The van der Waals surface area contributed by atoms with E-state index in [1.165, 1.54) is 18.2 Å². The summed E-state index contributed by atoms with van der Waals surface area (Å²) < 4.78 is 12.9. The van der Waals surface area contributed by atoms with Crippen LogP contribution in [0.25, 0.3) is 0 Å². The third-order valence-corrected chi connectivity index (χ3v) is 2.36. The lowest BCUT2D eigenvalue weighted by atomic mass is 10.1. The first-order valence-corrected chi connectivity index (χ1v) is 5.26. The SMILES string of the molecule is N#Cc1ccc(C(=O)Nc2cccc(F)c2)cc1. The molecule has 0 bridgehead atoms. The van der Waals surface area contributed by atoms with E-state index in [1.54, 1.807) is 30.3 Å². The van der Waals surface area contributed by atoms with Gasteiger partial charge in [0.15, 0.2) is 0 Å². The van der Waals surface area contributed by atoms with Crippen LogP contribution in [-0.4, -0.2) is 5.91 Å². The Bertz CT molecular complexity index is 614. The fourth-order valence-electron chi connectivity index (χ4n) is 1.47. The molecule has 0 aromatic heterocycles. The quantitative estimate of drug-likeness (QED) is 0.877. The van der Waals surface area contributed by atoms with E-state index in [0.717, 1.165) is 0 Å². The van der Waals surface area contributed by atoms with Crippen molar-refractivity contribution in [2.75, 3.05) is 5.32 Å². The molecule has 0 spiro atoms. The molecule has 18 heavy (non-hydrogen) atoms. The summed E-state index contributed by atoms with van der Waals surface area (Å²) in [6.07, 6.45) is 0. The molecule has 0 aliphatic carbocycles. The van der Waals surface area contributed by atoms with Gasteiger partial charge in [0.05, 0.1) is 11.6 Å². The Morgan fingerprint density at radius 1 is 1.17 bits per heavy atom. The van der Waals surface area contributed by atoms with Crippen LogP contribution in [0.5, 0.6) is 0 Å². The summed E-state index contributed by atoms with van der Waals surface area (Å²) in [6.45, 7) is 0. The largest absolute Gasteiger partial charge is 0.322 e. The molecule has 0 saturated carbocycles. The van der Waals surface area contributed by atoms with E-state index in [0.29, 0.717) is 16.8 Å². The normalized spacial score (nSPS) is 9.56. The molecule has 88 valence electrons. The number of anilines is 1. The first-order valence-electron chi connectivity index (χ1n) is 5.26. The fourth-order valence-corrected chi connectivity index (χ4v) is 1.47. The first kappa shape index (κ1) is 11.8. The molecular formula is C14H9FN2O. The number of rotatable bonds is 2. The molecule has 0 saturated heterocycles. The van der Waals surface area contributed by atoms with Crippen molar-refractivity contribution >= 4 is 11.6 Å². The summed E-state index contributed by atoms with van der Waals surface area (Å²) in [4.78, 5) is 11.8. The van der Waals surface area contributed by atoms with Gasteiger partial charge in [0, 0.05) is 11.3 Å². The molecule has 0 unspecified atom stereocenters. The number of halogens is 1. The molecule has 1 N–H and O–H groups in total. The van der Waals surface area contributed by atoms with E-state index in [9.17, 15) is 9.18 Å². The molecule has 2 aromatic rings. The number of carbonyl (C=O) groups excluding carboxylic acids is 1. The number of nitriles is 1. The predicted molar refractivity (Wildman–Crippen MR) is 65.5 cm³/mol. The van der Waals surface area contributed by atoms with Crippen LogP contribution in [0.2, 0.25) is 0 Å². The van der Waals surface area contributed by atoms with Gasteiger partial charge in [-0.1, -0.05) is 6.07 Å². The second-order valence-electron chi connectivity index (χ2n) is 3.65. The van der Waals surface area contributed by atoms with E-state index in [2.05, 4.69) is 5.32 Å². The Balaban J connectivity index is 2.14. The van der Waals surface area contributed by atoms with Crippen LogP contribution in [0.4, 0.5) is 10.1 Å². The highest BCUT2D eigenvalue weighted by atomic mass is 19.1. The molecule has 0 atom stereocenters. The number of benzene rings is 2. The van der Waals surface area contributed by atoms with Crippen molar-refractivity contribution in [1.29, 1.82) is 5.26 Å². The molecule has 2 rings (SSSR count). The smallest absolute Gasteiger partial charge is 0.255 e. The van der Waals surface area contributed by atoms with Gasteiger partial charge < -0.3 is 5.32 Å². The lowest BCUT2D eigenvalue weighted by molar-refractivity contribution is 0.102. The Labute approximate surface area is 103 Å². The lowest BCUT2D eigenvalue weighted by Gasteiger charge is -2.05. The Hall–Kier alpha value is -2.67. The maximum atomic E-state index is 12.9. The highest BCUT2D eigenvalue weighted by molar-refractivity contribution is 6.04. The van der Waals surface area contributed by atoms with Crippen LogP contribution >= 0.6 is 0 Å². The third kappa shape index (κ3) is 2.71. The second kappa shape index (κ2) is 5.11. The van der Waals surface area contributed by atoms with Crippen LogP contribution in [0.15, 0.2) is 48.5 Å². The standard InChI is InChI=1S/C14H9FN2O/c15-12-2-1-3-13(8-12)17-14(18)11-6-4-10(9-16)5-7-11/h1-8H,(H,17,18). The van der Waals surface area contributed by atoms with Crippen molar-refractivity contribution < 1.29 is 9.18 Å². The molecular weight excluding hydrogens is 231 g/mol. The molecule has 0 fully saturated rings. The zero-order valence-corrected chi connectivity index (χ0v) is 9.35. The zero-order valence-electron chi connectivity index (χ0n) is 9.35. The zero-order chi connectivity index (χ0) is 13.0. The van der Waals surface area contributed by atoms with E-state index < -0.39 is 5.82 Å². The van der Waals surface area contributed by atoms with E-state index in [4.69, 9.17) is 5.26 Å². The Morgan fingerprint density at radius 3 is 2.50 bits per heavy atom. The molecule has 0 heterocycles. The number of carbonyl (C=O) groups is 1. The number of hydrogen-bond donors (Lipinski definition) is 1. The maximum absolute atomic E-state index is 12.9. The molecule has 0 radical (unpaired) electrons. The van der Waals surface area contributed by atoms with Gasteiger partial charge in [-0.3, -0.25) is 4.79 Å². The minimum Gasteiger partial charge on any atom is -0.322 e. The maximum Gasteiger partial charge on any atom is 0.255 e. The highest BCUT2D eigenvalue weighted by Crippen LogP contribution is 2.11. The van der Waals surface area contributed by atoms with Gasteiger partial charge >= 0.3 is 0 Å². The van der Waals surface area contributed by atoms with Crippen LogP contribution in [-0.2, 0) is 0 Å². The van der Waals surface area contributed by atoms with Crippen molar-refractivity contribution in [3.8, 4) is 6.07 Å². The molecule has 2 aromatic carbocycles. The van der Waals surface area contributed by atoms with Gasteiger partial charge in [-0.25, -0.2) is 4.39 Å². The van der Waals surface area contributed by atoms with E-state index >= 15 is 0 Å². The molecule has 0 aliphatic heterocycles. The molecule has 0 aliphatic rings. The minimum absolute atomic E-state index is 0.343. The van der Waals surface area contributed by atoms with Crippen molar-refractivity contribution in [2.45, 2.75) is 0 Å². The van der Waals surface area contributed by atoms with Gasteiger partial charge in [-0.05, 0) is 42.5 Å². The van der Waals surface area contributed by atoms with Gasteiger partial charge in [0.1, 0.15) is 5.82 Å². The fraction of sp³-hybridized carbons (Fsp3) is 0. The monoisotopic (exact) mass is 240 g/mol. The summed E-state index contributed by atoms with van der Waals surface area (Å²) >= 11 is 0.